The number of nitrogens with one attached hydrogen (secondary N) is 2. The van der Waals surface area contributed by atoms with Crippen LogP contribution >= 0.6 is 22.7 Å². The maximum Gasteiger partial charge on any atom is 0.266 e. The SMILES string of the molecule is C=CCNc1nc(CC)sc1C(=O)NC(C#N)c1cccs1. The fourth-order valence-corrected chi connectivity index (χ4v) is 3.38. The summed E-state index contributed by atoms with van der Waals surface area (Å²) in [6.45, 7) is 6.16. The molecule has 0 aliphatic rings. The molecule has 2 aromatic heterocycles. The van der Waals surface area contributed by atoms with E-state index in [1.807, 2.05) is 24.4 Å². The summed E-state index contributed by atoms with van der Waals surface area (Å²) in [6.07, 6.45) is 2.46. The second-order valence-corrected chi connectivity index (χ2v) is 6.42. The zero-order valence-electron chi connectivity index (χ0n) is 12.1. The average Bonchev–Trinajstić information content (AvgIpc) is 3.19. The van der Waals surface area contributed by atoms with E-state index in [1.54, 1.807) is 6.08 Å². The number of thiophene rings is 1. The highest BCUT2D eigenvalue weighted by Gasteiger charge is 2.21. The van der Waals surface area contributed by atoms with E-state index in [2.05, 4.69) is 28.3 Å². The van der Waals surface area contributed by atoms with Gasteiger partial charge in [0, 0.05) is 11.4 Å². The van der Waals surface area contributed by atoms with Crippen LogP contribution in [0.25, 0.3) is 0 Å². The average molecular weight is 332 g/mol. The van der Waals surface area contributed by atoms with Gasteiger partial charge in [-0.3, -0.25) is 4.79 Å². The van der Waals surface area contributed by atoms with Crippen LogP contribution in [-0.2, 0) is 6.42 Å². The summed E-state index contributed by atoms with van der Waals surface area (Å²) in [4.78, 5) is 18.2. The van der Waals surface area contributed by atoms with Gasteiger partial charge in [-0.2, -0.15) is 5.26 Å². The first-order valence-corrected chi connectivity index (χ1v) is 8.47. The van der Waals surface area contributed by atoms with Gasteiger partial charge >= 0.3 is 0 Å². The predicted molar refractivity (Wildman–Crippen MR) is 90.3 cm³/mol. The lowest BCUT2D eigenvalue weighted by Crippen LogP contribution is -2.27. The lowest BCUT2D eigenvalue weighted by Gasteiger charge is -2.09. The Morgan fingerprint density at radius 1 is 1.64 bits per heavy atom. The largest absolute Gasteiger partial charge is 0.365 e. The summed E-state index contributed by atoms with van der Waals surface area (Å²) >= 11 is 2.78. The van der Waals surface area contributed by atoms with Gasteiger partial charge < -0.3 is 10.6 Å². The lowest BCUT2D eigenvalue weighted by atomic mass is 10.2. The van der Waals surface area contributed by atoms with Crippen molar-refractivity contribution in [3.05, 3.63) is 44.9 Å². The Hall–Kier alpha value is -2.17. The summed E-state index contributed by atoms with van der Waals surface area (Å²) < 4.78 is 0. The minimum atomic E-state index is -0.646. The maximum atomic E-state index is 12.5. The third kappa shape index (κ3) is 3.72. The monoisotopic (exact) mass is 332 g/mol. The number of carbonyl (C=O) groups is 1. The van der Waals surface area contributed by atoms with Crippen molar-refractivity contribution in [2.24, 2.45) is 0 Å². The number of aryl methyl sites for hydroxylation is 1. The third-order valence-corrected chi connectivity index (χ3v) is 4.96. The highest BCUT2D eigenvalue weighted by Crippen LogP contribution is 2.25. The second kappa shape index (κ2) is 7.73. The van der Waals surface area contributed by atoms with Crippen LogP contribution in [-0.4, -0.2) is 17.4 Å². The molecule has 0 spiro atoms. The quantitative estimate of drug-likeness (QED) is 0.762. The highest BCUT2D eigenvalue weighted by molar-refractivity contribution is 7.14. The van der Waals surface area contributed by atoms with Crippen LogP contribution in [0.2, 0.25) is 0 Å². The molecule has 0 aromatic carbocycles. The summed E-state index contributed by atoms with van der Waals surface area (Å²) in [5, 5.41) is 17.8. The molecule has 0 saturated heterocycles. The van der Waals surface area contributed by atoms with Gasteiger partial charge in [0.05, 0.1) is 11.1 Å². The number of rotatable bonds is 7. The molecular weight excluding hydrogens is 316 g/mol. The van der Waals surface area contributed by atoms with Gasteiger partial charge in [0.2, 0.25) is 0 Å². The molecule has 0 fully saturated rings. The van der Waals surface area contributed by atoms with Crippen LogP contribution in [0.15, 0.2) is 30.2 Å². The van der Waals surface area contributed by atoms with Crippen molar-refractivity contribution in [3.63, 3.8) is 0 Å². The Balaban J connectivity index is 2.19. The van der Waals surface area contributed by atoms with Crippen molar-refractivity contribution in [3.8, 4) is 6.07 Å². The maximum absolute atomic E-state index is 12.5. The first-order chi connectivity index (χ1) is 10.7. The molecule has 0 bridgehead atoms. The fraction of sp³-hybridized carbons (Fsp3) is 0.267. The van der Waals surface area contributed by atoms with Crippen molar-refractivity contribution in [2.45, 2.75) is 19.4 Å². The standard InChI is InChI=1S/C15H16N4OS2/c1-3-7-17-14-13(22-12(4-2)19-14)15(20)18-10(9-16)11-6-5-8-21-11/h3,5-6,8,10,17H,1,4,7H2,2H3,(H,18,20). The predicted octanol–water partition coefficient (Wildman–Crippen LogP) is 3.36. The van der Waals surface area contributed by atoms with E-state index in [9.17, 15) is 10.1 Å². The number of aromatic nitrogens is 1. The van der Waals surface area contributed by atoms with E-state index in [1.165, 1.54) is 22.7 Å². The minimum Gasteiger partial charge on any atom is -0.365 e. The number of hydrogen-bond acceptors (Lipinski definition) is 6. The summed E-state index contributed by atoms with van der Waals surface area (Å²) in [5.41, 5.74) is 0. The Bertz CT molecular complexity index is 685. The molecule has 22 heavy (non-hydrogen) atoms. The number of nitrogens with zero attached hydrogens (tertiary/aromatic N) is 2. The zero-order valence-corrected chi connectivity index (χ0v) is 13.8. The third-order valence-electron chi connectivity index (χ3n) is 2.83. The minimum absolute atomic E-state index is 0.288. The molecule has 2 heterocycles. The van der Waals surface area contributed by atoms with E-state index in [0.717, 1.165) is 16.3 Å². The Morgan fingerprint density at radius 2 is 2.45 bits per heavy atom. The lowest BCUT2D eigenvalue weighted by molar-refractivity contribution is 0.0950. The second-order valence-electron chi connectivity index (χ2n) is 4.36. The molecule has 2 rings (SSSR count). The van der Waals surface area contributed by atoms with Crippen molar-refractivity contribution >= 4 is 34.4 Å². The molecule has 1 atom stereocenters. The molecule has 1 amide bonds. The van der Waals surface area contributed by atoms with E-state index in [4.69, 9.17) is 0 Å². The van der Waals surface area contributed by atoms with Crippen molar-refractivity contribution in [2.75, 3.05) is 11.9 Å². The van der Waals surface area contributed by atoms with Gasteiger partial charge in [0.1, 0.15) is 4.88 Å². The van der Waals surface area contributed by atoms with Crippen molar-refractivity contribution < 1.29 is 4.79 Å². The molecular formula is C15H16N4OS2. The molecule has 0 saturated carbocycles. The number of nitriles is 1. The van der Waals surface area contributed by atoms with Crippen molar-refractivity contribution in [1.82, 2.24) is 10.3 Å². The molecule has 2 N–H and O–H groups in total. The summed E-state index contributed by atoms with van der Waals surface area (Å²) in [6, 6.07) is 5.16. The molecule has 0 aliphatic heterocycles. The highest BCUT2D eigenvalue weighted by atomic mass is 32.1. The van der Waals surface area contributed by atoms with Gasteiger partial charge in [-0.15, -0.1) is 29.3 Å². The number of amides is 1. The van der Waals surface area contributed by atoms with Gasteiger partial charge in [-0.25, -0.2) is 4.98 Å². The molecule has 0 aliphatic carbocycles. The number of hydrogen-bond donors (Lipinski definition) is 2. The summed E-state index contributed by atoms with van der Waals surface area (Å²) in [7, 11) is 0. The van der Waals surface area contributed by atoms with Crippen LogP contribution in [0.4, 0.5) is 5.82 Å². The van der Waals surface area contributed by atoms with Gasteiger partial charge in [0.15, 0.2) is 11.9 Å². The van der Waals surface area contributed by atoms with E-state index < -0.39 is 6.04 Å². The normalized spacial score (nSPS) is 11.5. The first-order valence-electron chi connectivity index (χ1n) is 6.78. The van der Waals surface area contributed by atoms with E-state index in [-0.39, 0.29) is 5.91 Å². The molecule has 7 heteroatoms. The zero-order chi connectivity index (χ0) is 15.9. The van der Waals surface area contributed by atoms with Crippen molar-refractivity contribution in [1.29, 1.82) is 5.26 Å². The Morgan fingerprint density at radius 3 is 3.05 bits per heavy atom. The van der Waals surface area contributed by atoms with Crippen LogP contribution in [0.3, 0.4) is 0 Å². The van der Waals surface area contributed by atoms with Crippen LogP contribution in [0, 0.1) is 11.3 Å². The topological polar surface area (TPSA) is 77.8 Å². The van der Waals surface area contributed by atoms with Crippen LogP contribution < -0.4 is 10.6 Å². The van der Waals surface area contributed by atoms with Gasteiger partial charge in [-0.05, 0) is 17.9 Å². The van der Waals surface area contributed by atoms with Crippen LogP contribution in [0.5, 0.6) is 0 Å². The number of carbonyl (C=O) groups excluding carboxylic acids is 1. The number of thiazole rings is 1. The molecule has 0 radical (unpaired) electrons. The first kappa shape index (κ1) is 16.2. The Labute approximate surface area is 137 Å². The fourth-order valence-electron chi connectivity index (χ4n) is 1.78. The van der Waals surface area contributed by atoms with Gasteiger partial charge in [0.25, 0.3) is 5.91 Å². The molecule has 5 nitrogen and oxygen atoms in total. The van der Waals surface area contributed by atoms with E-state index >= 15 is 0 Å². The smallest absolute Gasteiger partial charge is 0.266 e. The van der Waals surface area contributed by atoms with Gasteiger partial charge in [-0.1, -0.05) is 19.1 Å². The molecule has 1 unspecified atom stereocenters. The van der Waals surface area contributed by atoms with E-state index in [0.29, 0.717) is 17.2 Å². The molecule has 2 aromatic rings. The number of anilines is 1. The van der Waals surface area contributed by atoms with Crippen LogP contribution in [0.1, 0.15) is 32.5 Å². The molecule has 114 valence electrons. The summed E-state index contributed by atoms with van der Waals surface area (Å²) in [5.74, 6) is 0.255. The Kier molecular flexibility index (Phi) is 5.69.